The third-order valence-electron chi connectivity index (χ3n) is 2.61. The first-order valence-electron chi connectivity index (χ1n) is 5.29. The summed E-state index contributed by atoms with van der Waals surface area (Å²) in [4.78, 5) is 11.2. The number of carbonyl (C=O) groups is 1. The van der Waals surface area contributed by atoms with Gasteiger partial charge in [0, 0.05) is 17.5 Å². The van der Waals surface area contributed by atoms with Crippen LogP contribution in [0.2, 0.25) is 0 Å². The van der Waals surface area contributed by atoms with Crippen molar-refractivity contribution in [2.45, 2.75) is 13.5 Å². The number of rotatable bonds is 3. The van der Waals surface area contributed by atoms with Crippen LogP contribution < -0.4 is 11.3 Å². The number of nitrogen functional groups attached to an aromatic ring is 1. The van der Waals surface area contributed by atoms with Crippen LogP contribution in [-0.2, 0) is 6.54 Å². The Labute approximate surface area is 99.2 Å². The van der Waals surface area contributed by atoms with Gasteiger partial charge in [-0.3, -0.25) is 14.9 Å². The molecule has 17 heavy (non-hydrogen) atoms. The van der Waals surface area contributed by atoms with E-state index in [2.05, 4.69) is 10.5 Å². The van der Waals surface area contributed by atoms with E-state index in [0.29, 0.717) is 12.1 Å². The fourth-order valence-corrected chi connectivity index (χ4v) is 1.58. The topological polar surface area (TPSA) is 72.9 Å². The first kappa shape index (κ1) is 11.3. The summed E-state index contributed by atoms with van der Waals surface area (Å²) in [5.41, 5.74) is 4.84. The summed E-state index contributed by atoms with van der Waals surface area (Å²) < 4.78 is 1.90. The first-order valence-corrected chi connectivity index (χ1v) is 5.29. The summed E-state index contributed by atoms with van der Waals surface area (Å²) in [5, 5.41) is 4.20. The van der Waals surface area contributed by atoms with Gasteiger partial charge < -0.3 is 0 Å². The van der Waals surface area contributed by atoms with E-state index in [-0.39, 0.29) is 5.91 Å². The van der Waals surface area contributed by atoms with Gasteiger partial charge >= 0.3 is 0 Å². The second-order valence-corrected chi connectivity index (χ2v) is 3.80. The third-order valence-corrected chi connectivity index (χ3v) is 2.61. The van der Waals surface area contributed by atoms with E-state index in [1.165, 1.54) is 0 Å². The van der Waals surface area contributed by atoms with Crippen molar-refractivity contribution in [3.63, 3.8) is 0 Å². The number of amides is 1. The summed E-state index contributed by atoms with van der Waals surface area (Å²) in [6.07, 6.45) is 1.77. The Morgan fingerprint density at radius 1 is 1.35 bits per heavy atom. The molecule has 0 radical (unpaired) electrons. The second-order valence-electron chi connectivity index (χ2n) is 3.80. The lowest BCUT2D eigenvalue weighted by molar-refractivity contribution is 0.0953. The van der Waals surface area contributed by atoms with Crippen LogP contribution in [0, 0.1) is 6.92 Å². The average molecular weight is 230 g/mol. The minimum Gasteiger partial charge on any atom is -0.290 e. The predicted octanol–water partition coefficient (Wildman–Crippen LogP) is 0.843. The smallest absolute Gasteiger partial charge is 0.265 e. The first-order chi connectivity index (χ1) is 8.20. The van der Waals surface area contributed by atoms with Crippen LogP contribution in [0.25, 0.3) is 0 Å². The molecule has 0 saturated carbocycles. The summed E-state index contributed by atoms with van der Waals surface area (Å²) in [7, 11) is 0. The molecular formula is C12H14N4O. The van der Waals surface area contributed by atoms with Crippen molar-refractivity contribution in [2.75, 3.05) is 0 Å². The maximum Gasteiger partial charge on any atom is 0.265 e. The Hall–Kier alpha value is -2.14. The van der Waals surface area contributed by atoms with Crippen molar-refractivity contribution in [2.24, 2.45) is 5.84 Å². The maximum atomic E-state index is 11.2. The highest BCUT2D eigenvalue weighted by Gasteiger charge is 2.03. The van der Waals surface area contributed by atoms with Gasteiger partial charge in [0.05, 0.1) is 6.54 Å². The zero-order valence-corrected chi connectivity index (χ0v) is 9.55. The molecule has 3 N–H and O–H groups in total. The fourth-order valence-electron chi connectivity index (χ4n) is 1.58. The van der Waals surface area contributed by atoms with E-state index in [4.69, 9.17) is 5.84 Å². The highest BCUT2D eigenvalue weighted by Crippen LogP contribution is 2.07. The molecule has 0 atom stereocenters. The molecule has 1 amide bonds. The number of carbonyl (C=O) groups excluding carboxylic acids is 1. The maximum absolute atomic E-state index is 11.2. The molecule has 0 aliphatic rings. The largest absolute Gasteiger partial charge is 0.290 e. The molecular weight excluding hydrogens is 216 g/mol. The van der Waals surface area contributed by atoms with Crippen LogP contribution in [0.1, 0.15) is 21.6 Å². The number of nitrogens with two attached hydrogens (primary N) is 1. The molecule has 0 bridgehead atoms. The zero-order chi connectivity index (χ0) is 12.3. The lowest BCUT2D eigenvalue weighted by Gasteiger charge is -2.05. The van der Waals surface area contributed by atoms with E-state index >= 15 is 0 Å². The minimum atomic E-state index is -0.285. The Morgan fingerprint density at radius 3 is 2.59 bits per heavy atom. The molecule has 0 fully saturated rings. The Bertz CT molecular complexity index is 516. The quantitative estimate of drug-likeness (QED) is 0.466. The summed E-state index contributed by atoms with van der Waals surface area (Å²) in [6, 6.07) is 9.24. The number of benzene rings is 1. The summed E-state index contributed by atoms with van der Waals surface area (Å²) >= 11 is 0. The van der Waals surface area contributed by atoms with Crippen LogP contribution in [0.3, 0.4) is 0 Å². The molecule has 0 spiro atoms. The molecule has 2 rings (SSSR count). The van der Waals surface area contributed by atoms with Crippen LogP contribution in [0.15, 0.2) is 36.5 Å². The van der Waals surface area contributed by atoms with Crippen molar-refractivity contribution >= 4 is 5.91 Å². The van der Waals surface area contributed by atoms with Crippen LogP contribution >= 0.6 is 0 Å². The Kier molecular flexibility index (Phi) is 3.20. The van der Waals surface area contributed by atoms with Gasteiger partial charge in [-0.05, 0) is 30.7 Å². The van der Waals surface area contributed by atoms with E-state index in [1.54, 1.807) is 18.3 Å². The number of aromatic nitrogens is 2. The predicted molar refractivity (Wildman–Crippen MR) is 64.2 cm³/mol. The Morgan fingerprint density at radius 2 is 2.06 bits per heavy atom. The molecule has 0 aliphatic heterocycles. The van der Waals surface area contributed by atoms with Crippen LogP contribution in [-0.4, -0.2) is 15.7 Å². The van der Waals surface area contributed by atoms with E-state index in [9.17, 15) is 4.79 Å². The number of nitrogens with one attached hydrogen (secondary N) is 1. The van der Waals surface area contributed by atoms with Gasteiger partial charge in [-0.1, -0.05) is 12.1 Å². The van der Waals surface area contributed by atoms with Crippen molar-refractivity contribution < 1.29 is 4.79 Å². The molecule has 5 nitrogen and oxygen atoms in total. The Balaban J connectivity index is 2.14. The zero-order valence-electron chi connectivity index (χ0n) is 9.55. The van der Waals surface area contributed by atoms with Gasteiger partial charge in [-0.2, -0.15) is 5.10 Å². The number of hydrazine groups is 1. The van der Waals surface area contributed by atoms with Crippen molar-refractivity contribution in [1.82, 2.24) is 15.2 Å². The van der Waals surface area contributed by atoms with E-state index in [1.807, 2.05) is 29.8 Å². The molecule has 0 saturated heterocycles. The van der Waals surface area contributed by atoms with Crippen molar-refractivity contribution in [1.29, 1.82) is 0 Å². The fraction of sp³-hybridized carbons (Fsp3) is 0.167. The SMILES string of the molecule is Cc1ccnn1Cc1ccc(C(=O)NN)cc1. The lowest BCUT2D eigenvalue weighted by Crippen LogP contribution is -2.29. The lowest BCUT2D eigenvalue weighted by atomic mass is 10.1. The second kappa shape index (κ2) is 4.80. The monoisotopic (exact) mass is 230 g/mol. The summed E-state index contributed by atoms with van der Waals surface area (Å²) in [6.45, 7) is 2.70. The molecule has 1 aromatic heterocycles. The summed E-state index contributed by atoms with van der Waals surface area (Å²) in [5.74, 6) is 4.77. The van der Waals surface area contributed by atoms with Gasteiger partial charge in [0.1, 0.15) is 0 Å². The van der Waals surface area contributed by atoms with Crippen molar-refractivity contribution in [3.05, 3.63) is 53.3 Å². The molecule has 0 aliphatic carbocycles. The normalized spacial score (nSPS) is 10.2. The average Bonchev–Trinajstić information content (AvgIpc) is 2.75. The van der Waals surface area contributed by atoms with Crippen LogP contribution in [0.5, 0.6) is 0 Å². The van der Waals surface area contributed by atoms with E-state index in [0.717, 1.165) is 11.3 Å². The van der Waals surface area contributed by atoms with Gasteiger partial charge in [-0.15, -0.1) is 0 Å². The third kappa shape index (κ3) is 2.51. The molecule has 1 aromatic carbocycles. The molecule has 5 heteroatoms. The molecule has 2 aromatic rings. The molecule has 88 valence electrons. The number of nitrogens with zero attached hydrogens (tertiary/aromatic N) is 2. The standard InChI is InChI=1S/C12H14N4O/c1-9-6-7-14-16(9)8-10-2-4-11(5-3-10)12(17)15-13/h2-7H,8,13H2,1H3,(H,15,17). The minimum absolute atomic E-state index is 0.285. The van der Waals surface area contributed by atoms with Gasteiger partial charge in [-0.25, -0.2) is 5.84 Å². The number of aryl methyl sites for hydroxylation is 1. The van der Waals surface area contributed by atoms with Gasteiger partial charge in [0.15, 0.2) is 0 Å². The highest BCUT2D eigenvalue weighted by molar-refractivity contribution is 5.93. The highest BCUT2D eigenvalue weighted by atomic mass is 16.2. The molecule has 1 heterocycles. The van der Waals surface area contributed by atoms with Gasteiger partial charge in [0.25, 0.3) is 5.91 Å². The van der Waals surface area contributed by atoms with E-state index < -0.39 is 0 Å². The van der Waals surface area contributed by atoms with Gasteiger partial charge in [0.2, 0.25) is 0 Å². The number of hydrogen-bond acceptors (Lipinski definition) is 3. The van der Waals surface area contributed by atoms with Crippen molar-refractivity contribution in [3.8, 4) is 0 Å². The number of hydrogen-bond donors (Lipinski definition) is 2. The molecule has 0 unspecified atom stereocenters. The van der Waals surface area contributed by atoms with Crippen LogP contribution in [0.4, 0.5) is 0 Å².